The second-order valence-corrected chi connectivity index (χ2v) is 4.46. The summed E-state index contributed by atoms with van der Waals surface area (Å²) >= 11 is 0. The Morgan fingerprint density at radius 3 is 2.39 bits per heavy atom. The molecule has 0 aliphatic carbocycles. The first kappa shape index (κ1) is 12.9. The highest BCUT2D eigenvalue weighted by molar-refractivity contribution is 5.35. The monoisotopic (exact) mass is 251 g/mol. The Hall–Kier alpha value is -1.59. The lowest BCUT2D eigenvalue weighted by Gasteiger charge is -2.24. The minimum absolute atomic E-state index is 0.227. The number of hydrogen-bond acceptors (Lipinski definition) is 6. The Labute approximate surface area is 108 Å². The summed E-state index contributed by atoms with van der Waals surface area (Å²) in [6, 6.07) is 0.321. The lowest BCUT2D eigenvalue weighted by Crippen LogP contribution is -2.29. The molecule has 0 atom stereocenters. The van der Waals surface area contributed by atoms with Crippen LogP contribution in [0.2, 0.25) is 0 Å². The van der Waals surface area contributed by atoms with Crippen LogP contribution in [0.15, 0.2) is 0 Å². The number of nitrogens with zero attached hydrogens (tertiary/aromatic N) is 4. The molecule has 2 N–H and O–H groups in total. The van der Waals surface area contributed by atoms with Crippen molar-refractivity contribution in [3.05, 3.63) is 0 Å². The maximum atomic E-state index is 5.70. The molecule has 1 aromatic heterocycles. The number of rotatable bonds is 3. The van der Waals surface area contributed by atoms with Crippen molar-refractivity contribution >= 4 is 11.9 Å². The topological polar surface area (TPSA) is 77.2 Å². The maximum Gasteiger partial charge on any atom is 0.323 e. The summed E-state index contributed by atoms with van der Waals surface area (Å²) in [6.45, 7) is 4.39. The predicted molar refractivity (Wildman–Crippen MR) is 70.7 cm³/mol. The van der Waals surface area contributed by atoms with E-state index < -0.39 is 0 Å². The van der Waals surface area contributed by atoms with Crippen molar-refractivity contribution in [1.29, 1.82) is 0 Å². The number of nitrogens with two attached hydrogens (primary N) is 1. The van der Waals surface area contributed by atoms with Gasteiger partial charge in [-0.2, -0.15) is 15.0 Å². The standard InChI is InChI=1S/C12H21N5O/c1-2-18-12-15-10(13)14-11(16-12)17-8-6-4-3-5-7-9-17/h2-9H2,1H3,(H2,13,14,15,16). The van der Waals surface area contributed by atoms with Crippen molar-refractivity contribution in [3.63, 3.8) is 0 Å². The smallest absolute Gasteiger partial charge is 0.323 e. The van der Waals surface area contributed by atoms with Gasteiger partial charge in [-0.25, -0.2) is 0 Å². The van der Waals surface area contributed by atoms with Crippen LogP contribution in [-0.2, 0) is 0 Å². The average Bonchev–Trinajstić information content (AvgIpc) is 2.27. The molecule has 2 heterocycles. The molecule has 1 saturated heterocycles. The van der Waals surface area contributed by atoms with Crippen LogP contribution in [0.1, 0.15) is 39.0 Å². The van der Waals surface area contributed by atoms with Crippen molar-refractivity contribution in [2.24, 2.45) is 0 Å². The first-order valence-electron chi connectivity index (χ1n) is 6.69. The van der Waals surface area contributed by atoms with Gasteiger partial charge in [0, 0.05) is 13.1 Å². The molecule has 0 bridgehead atoms. The van der Waals surface area contributed by atoms with Gasteiger partial charge >= 0.3 is 6.01 Å². The quantitative estimate of drug-likeness (QED) is 0.879. The molecule has 6 heteroatoms. The largest absolute Gasteiger partial charge is 0.464 e. The van der Waals surface area contributed by atoms with E-state index in [9.17, 15) is 0 Å². The van der Waals surface area contributed by atoms with Gasteiger partial charge in [-0.3, -0.25) is 0 Å². The summed E-state index contributed by atoms with van der Waals surface area (Å²) < 4.78 is 5.31. The van der Waals surface area contributed by atoms with Crippen molar-refractivity contribution in [2.75, 3.05) is 30.3 Å². The van der Waals surface area contributed by atoms with Crippen molar-refractivity contribution in [3.8, 4) is 6.01 Å². The van der Waals surface area contributed by atoms with Crippen LogP contribution in [0.25, 0.3) is 0 Å². The van der Waals surface area contributed by atoms with Crippen LogP contribution in [0, 0.1) is 0 Å². The van der Waals surface area contributed by atoms with E-state index in [0.29, 0.717) is 18.6 Å². The number of hydrogen-bond donors (Lipinski definition) is 1. The fraction of sp³-hybridized carbons (Fsp3) is 0.750. The fourth-order valence-corrected chi connectivity index (χ4v) is 2.14. The number of anilines is 2. The molecule has 1 fully saturated rings. The second-order valence-electron chi connectivity index (χ2n) is 4.46. The summed E-state index contributed by atoms with van der Waals surface area (Å²) in [7, 11) is 0. The molecule has 1 aliphatic rings. The first-order chi connectivity index (χ1) is 8.79. The third-order valence-corrected chi connectivity index (χ3v) is 3.03. The van der Waals surface area contributed by atoms with Gasteiger partial charge in [-0.1, -0.05) is 19.3 Å². The number of aromatic nitrogens is 3. The van der Waals surface area contributed by atoms with Crippen molar-refractivity contribution in [1.82, 2.24) is 15.0 Å². The second kappa shape index (κ2) is 6.37. The zero-order chi connectivity index (χ0) is 12.8. The molecule has 100 valence electrons. The third kappa shape index (κ3) is 3.45. The average molecular weight is 251 g/mol. The van der Waals surface area contributed by atoms with E-state index in [4.69, 9.17) is 10.5 Å². The molecular formula is C12H21N5O. The van der Waals surface area contributed by atoms with E-state index in [1.54, 1.807) is 0 Å². The van der Waals surface area contributed by atoms with E-state index in [0.717, 1.165) is 13.1 Å². The molecule has 2 rings (SSSR count). The van der Waals surface area contributed by atoms with Gasteiger partial charge in [0.25, 0.3) is 0 Å². The van der Waals surface area contributed by atoms with Gasteiger partial charge in [0.05, 0.1) is 6.61 Å². The van der Waals surface area contributed by atoms with E-state index >= 15 is 0 Å². The molecule has 1 aliphatic heterocycles. The normalized spacial score (nSPS) is 17.1. The molecule has 0 spiro atoms. The first-order valence-corrected chi connectivity index (χ1v) is 6.69. The summed E-state index contributed by atoms with van der Waals surface area (Å²) in [6.07, 6.45) is 6.23. The molecule has 1 aromatic rings. The Kier molecular flexibility index (Phi) is 4.55. The zero-order valence-electron chi connectivity index (χ0n) is 10.9. The van der Waals surface area contributed by atoms with Crippen LogP contribution in [0.4, 0.5) is 11.9 Å². The molecule has 0 saturated carbocycles. The Balaban J connectivity index is 2.14. The minimum atomic E-state index is 0.227. The number of nitrogen functional groups attached to an aromatic ring is 1. The molecule has 18 heavy (non-hydrogen) atoms. The highest BCUT2D eigenvalue weighted by Gasteiger charge is 2.14. The van der Waals surface area contributed by atoms with Crippen LogP contribution in [-0.4, -0.2) is 34.6 Å². The highest BCUT2D eigenvalue weighted by Crippen LogP contribution is 2.18. The molecule has 0 unspecified atom stereocenters. The summed E-state index contributed by atoms with van der Waals surface area (Å²) in [4.78, 5) is 14.7. The van der Waals surface area contributed by atoms with Gasteiger partial charge in [0.2, 0.25) is 11.9 Å². The van der Waals surface area contributed by atoms with Crippen LogP contribution >= 0.6 is 0 Å². The summed E-state index contributed by atoms with van der Waals surface area (Å²) in [5, 5.41) is 0. The molecule has 6 nitrogen and oxygen atoms in total. The Morgan fingerprint density at radius 1 is 1.06 bits per heavy atom. The van der Waals surface area contributed by atoms with Gasteiger partial charge in [0.1, 0.15) is 0 Å². The summed E-state index contributed by atoms with van der Waals surface area (Å²) in [5.41, 5.74) is 5.70. The predicted octanol–water partition coefficient (Wildman–Crippen LogP) is 1.62. The summed E-state index contributed by atoms with van der Waals surface area (Å²) in [5.74, 6) is 0.873. The molecule has 0 amide bonds. The molecule has 0 aromatic carbocycles. The fourth-order valence-electron chi connectivity index (χ4n) is 2.14. The lowest BCUT2D eigenvalue weighted by atomic mass is 10.1. The van der Waals surface area contributed by atoms with Gasteiger partial charge in [0.15, 0.2) is 0 Å². The van der Waals surface area contributed by atoms with E-state index in [1.165, 1.54) is 32.1 Å². The SMILES string of the molecule is CCOc1nc(N)nc(N2CCCCCCC2)n1. The van der Waals surface area contributed by atoms with E-state index in [-0.39, 0.29) is 5.95 Å². The van der Waals surface area contributed by atoms with Crippen LogP contribution in [0.5, 0.6) is 6.01 Å². The zero-order valence-corrected chi connectivity index (χ0v) is 10.9. The van der Waals surface area contributed by atoms with E-state index in [2.05, 4.69) is 19.9 Å². The highest BCUT2D eigenvalue weighted by atomic mass is 16.5. The Morgan fingerprint density at radius 2 is 1.72 bits per heavy atom. The van der Waals surface area contributed by atoms with Crippen molar-refractivity contribution in [2.45, 2.75) is 39.0 Å². The van der Waals surface area contributed by atoms with Crippen LogP contribution in [0.3, 0.4) is 0 Å². The lowest BCUT2D eigenvalue weighted by molar-refractivity contribution is 0.312. The third-order valence-electron chi connectivity index (χ3n) is 3.03. The minimum Gasteiger partial charge on any atom is -0.464 e. The van der Waals surface area contributed by atoms with Gasteiger partial charge < -0.3 is 15.4 Å². The van der Waals surface area contributed by atoms with Gasteiger partial charge in [-0.15, -0.1) is 0 Å². The molecule has 0 radical (unpaired) electrons. The van der Waals surface area contributed by atoms with Gasteiger partial charge in [-0.05, 0) is 19.8 Å². The Bertz CT molecular complexity index is 377. The molecular weight excluding hydrogens is 230 g/mol. The maximum absolute atomic E-state index is 5.70. The number of ether oxygens (including phenoxy) is 1. The van der Waals surface area contributed by atoms with Crippen molar-refractivity contribution < 1.29 is 4.74 Å². The van der Waals surface area contributed by atoms with E-state index in [1.807, 2.05) is 6.92 Å². The van der Waals surface area contributed by atoms with Crippen LogP contribution < -0.4 is 15.4 Å².